The van der Waals surface area contributed by atoms with Gasteiger partial charge in [0.05, 0.1) is 22.8 Å². The molecule has 0 saturated carbocycles. The van der Waals surface area contributed by atoms with E-state index in [1.807, 2.05) is 64.1 Å². The fraction of sp³-hybridized carbons (Fsp3) is 0.211. The molecule has 3 nitrogen and oxygen atoms in total. The lowest BCUT2D eigenvalue weighted by atomic mass is 10.2. The van der Waals surface area contributed by atoms with Crippen molar-refractivity contribution in [3.8, 4) is 22.8 Å². The molecule has 0 aromatic carbocycles. The summed E-state index contributed by atoms with van der Waals surface area (Å²) in [6.45, 7) is 8.00. The minimum atomic E-state index is 0.622. The molecule has 0 N–H and O–H groups in total. The van der Waals surface area contributed by atoms with Crippen LogP contribution in [0, 0.1) is 0 Å². The van der Waals surface area contributed by atoms with E-state index in [1.165, 1.54) is 0 Å². The zero-order valence-electron chi connectivity index (χ0n) is 14.0. The third-order valence-electron chi connectivity index (χ3n) is 2.64. The molecule has 120 valence electrons. The number of pyridine rings is 3. The number of nitrogens with zero attached hydrogens (tertiary/aromatic N) is 3. The molecule has 23 heavy (non-hydrogen) atoms. The Hall–Kier alpha value is -2.26. The lowest BCUT2D eigenvalue weighted by molar-refractivity contribution is 1.22. The van der Waals surface area contributed by atoms with E-state index in [0.717, 1.165) is 22.8 Å². The second kappa shape index (κ2) is 10.5. The Balaban J connectivity index is 0.000000615. The number of aromatic nitrogens is 3. The van der Waals surface area contributed by atoms with Gasteiger partial charge in [-0.3, -0.25) is 9.97 Å². The fourth-order valence-electron chi connectivity index (χ4n) is 1.79. The number of hydrogen-bond donors (Lipinski definition) is 0. The standard InChI is InChI=1S/C15H10ClN3.2C2H6/c16-11-9-14(12-5-1-3-7-17-12)19-15(10-11)13-6-2-4-8-18-13;2*1-2/h1-10H;2*1-2H3. The largest absolute Gasteiger partial charge is 0.255 e. The highest BCUT2D eigenvalue weighted by molar-refractivity contribution is 6.31. The van der Waals surface area contributed by atoms with Crippen LogP contribution >= 0.6 is 11.6 Å². The Morgan fingerprint density at radius 1 is 0.652 bits per heavy atom. The van der Waals surface area contributed by atoms with E-state index in [0.29, 0.717) is 5.02 Å². The van der Waals surface area contributed by atoms with Crippen LogP contribution in [0.4, 0.5) is 0 Å². The van der Waals surface area contributed by atoms with E-state index < -0.39 is 0 Å². The predicted octanol–water partition coefficient (Wildman–Crippen LogP) is 5.91. The van der Waals surface area contributed by atoms with Crippen LogP contribution in [0.1, 0.15) is 27.7 Å². The minimum Gasteiger partial charge on any atom is -0.255 e. The number of hydrogen-bond acceptors (Lipinski definition) is 3. The third kappa shape index (κ3) is 5.46. The normalized spacial score (nSPS) is 9.09. The van der Waals surface area contributed by atoms with Crippen molar-refractivity contribution >= 4 is 11.6 Å². The van der Waals surface area contributed by atoms with Gasteiger partial charge in [-0.15, -0.1) is 0 Å². The first-order chi connectivity index (χ1) is 11.3. The van der Waals surface area contributed by atoms with E-state index in [9.17, 15) is 0 Å². The molecule has 0 saturated heterocycles. The molecule has 0 aliphatic rings. The Labute approximate surface area is 143 Å². The Bertz CT molecular complexity index is 628. The van der Waals surface area contributed by atoms with Gasteiger partial charge in [-0.25, -0.2) is 4.98 Å². The molecule has 4 heteroatoms. The van der Waals surface area contributed by atoms with Gasteiger partial charge in [-0.05, 0) is 36.4 Å². The second-order valence-electron chi connectivity index (χ2n) is 3.99. The van der Waals surface area contributed by atoms with Gasteiger partial charge in [0.2, 0.25) is 0 Å². The van der Waals surface area contributed by atoms with Crippen molar-refractivity contribution in [3.63, 3.8) is 0 Å². The van der Waals surface area contributed by atoms with Gasteiger partial charge < -0.3 is 0 Å². The van der Waals surface area contributed by atoms with E-state index in [2.05, 4.69) is 15.0 Å². The van der Waals surface area contributed by atoms with Crippen LogP contribution in [0.3, 0.4) is 0 Å². The average molecular weight is 328 g/mol. The zero-order chi connectivity index (χ0) is 17.1. The summed E-state index contributed by atoms with van der Waals surface area (Å²) in [6, 6.07) is 15.0. The highest BCUT2D eigenvalue weighted by atomic mass is 35.5. The van der Waals surface area contributed by atoms with Crippen LogP contribution in [-0.4, -0.2) is 15.0 Å². The number of rotatable bonds is 2. The third-order valence-corrected chi connectivity index (χ3v) is 2.86. The van der Waals surface area contributed by atoms with Crippen LogP contribution in [0.25, 0.3) is 22.8 Å². The Morgan fingerprint density at radius 3 is 1.43 bits per heavy atom. The number of halogens is 1. The molecule has 0 atom stereocenters. The molecule has 0 unspecified atom stereocenters. The molecular weight excluding hydrogens is 306 g/mol. The van der Waals surface area contributed by atoms with Gasteiger partial charge in [-0.1, -0.05) is 51.4 Å². The van der Waals surface area contributed by atoms with Crippen molar-refractivity contribution in [3.05, 3.63) is 65.9 Å². The topological polar surface area (TPSA) is 38.7 Å². The van der Waals surface area contributed by atoms with Crippen molar-refractivity contribution < 1.29 is 0 Å². The van der Waals surface area contributed by atoms with Crippen molar-refractivity contribution in [2.75, 3.05) is 0 Å². The molecule has 0 aliphatic heterocycles. The van der Waals surface area contributed by atoms with Crippen LogP contribution in [0.15, 0.2) is 60.9 Å². The summed E-state index contributed by atoms with van der Waals surface area (Å²) < 4.78 is 0. The smallest absolute Gasteiger partial charge is 0.0909 e. The molecule has 0 amide bonds. The zero-order valence-corrected chi connectivity index (χ0v) is 14.7. The monoisotopic (exact) mass is 327 g/mol. The van der Waals surface area contributed by atoms with Gasteiger partial charge in [-0.2, -0.15) is 0 Å². The summed E-state index contributed by atoms with van der Waals surface area (Å²) in [5.41, 5.74) is 3.08. The SMILES string of the molecule is CC.CC.Clc1cc(-c2ccccn2)nc(-c2ccccn2)c1. The van der Waals surface area contributed by atoms with Crippen LogP contribution in [0.5, 0.6) is 0 Å². The first-order valence-electron chi connectivity index (χ1n) is 7.83. The van der Waals surface area contributed by atoms with Gasteiger partial charge >= 0.3 is 0 Å². The summed E-state index contributed by atoms with van der Waals surface area (Å²) in [4.78, 5) is 13.1. The van der Waals surface area contributed by atoms with Crippen molar-refractivity contribution in [1.29, 1.82) is 0 Å². The lowest BCUT2D eigenvalue weighted by Gasteiger charge is -2.05. The molecular formula is C19H22ClN3. The summed E-state index contributed by atoms with van der Waals surface area (Å²) in [5.74, 6) is 0. The van der Waals surface area contributed by atoms with Crippen LogP contribution in [-0.2, 0) is 0 Å². The summed E-state index contributed by atoms with van der Waals surface area (Å²) in [7, 11) is 0. The van der Waals surface area contributed by atoms with E-state index >= 15 is 0 Å². The minimum absolute atomic E-state index is 0.622. The fourth-order valence-corrected chi connectivity index (χ4v) is 1.99. The maximum atomic E-state index is 6.15. The highest BCUT2D eigenvalue weighted by Crippen LogP contribution is 2.24. The van der Waals surface area contributed by atoms with Crippen molar-refractivity contribution in [1.82, 2.24) is 15.0 Å². The quantitative estimate of drug-likeness (QED) is 0.587. The highest BCUT2D eigenvalue weighted by Gasteiger charge is 2.07. The lowest BCUT2D eigenvalue weighted by Crippen LogP contribution is -1.91. The van der Waals surface area contributed by atoms with Gasteiger partial charge in [0.1, 0.15) is 0 Å². The average Bonchev–Trinajstić information content (AvgIpc) is 2.66. The molecule has 3 heterocycles. The first-order valence-corrected chi connectivity index (χ1v) is 8.21. The van der Waals surface area contributed by atoms with Crippen LogP contribution in [0.2, 0.25) is 5.02 Å². The van der Waals surface area contributed by atoms with E-state index in [1.54, 1.807) is 24.5 Å². The molecule has 0 fully saturated rings. The first kappa shape index (κ1) is 18.8. The van der Waals surface area contributed by atoms with Crippen LogP contribution < -0.4 is 0 Å². The van der Waals surface area contributed by atoms with Gasteiger partial charge in [0.25, 0.3) is 0 Å². The summed E-state index contributed by atoms with van der Waals surface area (Å²) >= 11 is 6.15. The second-order valence-corrected chi connectivity index (χ2v) is 4.42. The predicted molar refractivity (Wildman–Crippen MR) is 98.4 cm³/mol. The maximum Gasteiger partial charge on any atom is 0.0909 e. The maximum absolute atomic E-state index is 6.15. The molecule has 3 aromatic heterocycles. The molecule has 0 aliphatic carbocycles. The summed E-state index contributed by atoms with van der Waals surface area (Å²) in [5, 5.41) is 0.622. The van der Waals surface area contributed by atoms with E-state index in [-0.39, 0.29) is 0 Å². The molecule has 0 bridgehead atoms. The molecule has 3 aromatic rings. The van der Waals surface area contributed by atoms with Gasteiger partial charge in [0, 0.05) is 17.4 Å². The van der Waals surface area contributed by atoms with Crippen molar-refractivity contribution in [2.45, 2.75) is 27.7 Å². The molecule has 0 spiro atoms. The van der Waals surface area contributed by atoms with Gasteiger partial charge in [0.15, 0.2) is 0 Å². The Morgan fingerprint density at radius 2 is 1.09 bits per heavy atom. The molecule has 0 radical (unpaired) electrons. The van der Waals surface area contributed by atoms with Crippen molar-refractivity contribution in [2.24, 2.45) is 0 Å². The Kier molecular flexibility index (Phi) is 8.55. The summed E-state index contributed by atoms with van der Waals surface area (Å²) in [6.07, 6.45) is 3.47. The molecule has 3 rings (SSSR count). The van der Waals surface area contributed by atoms with E-state index in [4.69, 9.17) is 11.6 Å².